The molecule has 8 aromatic rings. The maximum absolute atomic E-state index is 2.43. The van der Waals surface area contributed by atoms with E-state index < -0.39 is 0 Å². The van der Waals surface area contributed by atoms with Crippen LogP contribution in [0.15, 0.2) is 158 Å². The first-order valence-corrected chi connectivity index (χ1v) is 16.7. The van der Waals surface area contributed by atoms with E-state index >= 15 is 0 Å². The predicted molar refractivity (Wildman–Crippen MR) is 196 cm³/mol. The maximum atomic E-state index is 2.43. The van der Waals surface area contributed by atoms with Gasteiger partial charge in [0.2, 0.25) is 0 Å². The maximum Gasteiger partial charge on any atom is 0.0726 e. The minimum absolute atomic E-state index is 0.379. The Kier molecular flexibility index (Phi) is 5.35. The summed E-state index contributed by atoms with van der Waals surface area (Å²) in [4.78, 5) is 2.36. The van der Waals surface area contributed by atoms with Gasteiger partial charge in [-0.25, -0.2) is 0 Å². The molecule has 2 aliphatic rings. The monoisotopic (exact) mass is 603 g/mol. The molecule has 46 heavy (non-hydrogen) atoms. The van der Waals surface area contributed by atoms with Gasteiger partial charge < -0.3 is 4.90 Å². The molecule has 7 aromatic carbocycles. The summed E-state index contributed by atoms with van der Waals surface area (Å²) in [6, 6.07) is 58.4. The van der Waals surface area contributed by atoms with Gasteiger partial charge in [0, 0.05) is 49.7 Å². The summed E-state index contributed by atoms with van der Waals surface area (Å²) in [6.07, 6.45) is 0. The molecule has 216 valence electrons. The molecule has 0 aliphatic heterocycles. The number of benzene rings is 7. The van der Waals surface area contributed by atoms with Gasteiger partial charge in [0.15, 0.2) is 0 Å². The Hall–Kier alpha value is -5.44. The second kappa shape index (κ2) is 9.53. The summed E-state index contributed by atoms with van der Waals surface area (Å²) in [7, 11) is 2.21. The van der Waals surface area contributed by atoms with Crippen LogP contribution in [0.4, 0.5) is 11.4 Å². The van der Waals surface area contributed by atoms with Gasteiger partial charge in [0.05, 0.1) is 5.41 Å². The Morgan fingerprint density at radius 2 is 1.07 bits per heavy atom. The van der Waals surface area contributed by atoms with Crippen molar-refractivity contribution >= 4 is 42.9 Å². The van der Waals surface area contributed by atoms with Crippen molar-refractivity contribution in [3.63, 3.8) is 0 Å². The van der Waals surface area contributed by atoms with Gasteiger partial charge in [-0.15, -0.1) is 11.3 Å². The van der Waals surface area contributed by atoms with Crippen LogP contribution >= 0.6 is 11.3 Å². The second-order valence-electron chi connectivity index (χ2n) is 12.5. The standard InChI is InChI=1S/C44H29NS/c1-45(30-24-22-29(23-25-30)28-12-3-2-4-13-28)39-20-11-19-37-41(39)33-15-5-8-17-35(33)44(37)36-18-9-6-16-34(36)42-38(44)27-26-32-31-14-7-10-21-40(31)46-43(32)42/h2-27H,1H3. The molecule has 1 heterocycles. The molecule has 1 atom stereocenters. The van der Waals surface area contributed by atoms with Gasteiger partial charge in [-0.3, -0.25) is 0 Å². The Balaban J connectivity index is 1.22. The molecule has 0 fully saturated rings. The first-order chi connectivity index (χ1) is 22.7. The summed E-state index contributed by atoms with van der Waals surface area (Å²) < 4.78 is 2.74. The van der Waals surface area contributed by atoms with Crippen LogP contribution in [0.1, 0.15) is 22.3 Å². The fourth-order valence-electron chi connectivity index (χ4n) is 8.36. The van der Waals surface area contributed by atoms with E-state index in [2.05, 4.69) is 170 Å². The largest absolute Gasteiger partial charge is 0.344 e. The van der Waals surface area contributed by atoms with E-state index in [4.69, 9.17) is 0 Å². The first kappa shape index (κ1) is 25.8. The van der Waals surface area contributed by atoms with Crippen molar-refractivity contribution in [2.45, 2.75) is 5.41 Å². The van der Waals surface area contributed by atoms with E-state index in [0.29, 0.717) is 0 Å². The lowest BCUT2D eigenvalue weighted by atomic mass is 9.70. The topological polar surface area (TPSA) is 3.24 Å². The summed E-state index contributed by atoms with van der Waals surface area (Å²) in [5, 5.41) is 2.70. The number of anilines is 2. The van der Waals surface area contributed by atoms with Gasteiger partial charge in [0.1, 0.15) is 0 Å². The van der Waals surface area contributed by atoms with Gasteiger partial charge in [-0.05, 0) is 68.8 Å². The molecule has 1 unspecified atom stereocenters. The number of hydrogen-bond donors (Lipinski definition) is 0. The molecule has 0 bridgehead atoms. The lowest BCUT2D eigenvalue weighted by Gasteiger charge is -2.31. The van der Waals surface area contributed by atoms with Crippen molar-refractivity contribution in [2.75, 3.05) is 11.9 Å². The minimum Gasteiger partial charge on any atom is -0.344 e. The molecule has 0 saturated carbocycles. The van der Waals surface area contributed by atoms with Crippen molar-refractivity contribution in [2.24, 2.45) is 0 Å². The molecule has 0 radical (unpaired) electrons. The van der Waals surface area contributed by atoms with E-state index in [1.54, 1.807) is 0 Å². The number of rotatable bonds is 3. The third-order valence-corrected chi connectivity index (χ3v) is 11.5. The number of hydrogen-bond acceptors (Lipinski definition) is 2. The van der Waals surface area contributed by atoms with Crippen molar-refractivity contribution in [3.8, 4) is 33.4 Å². The minimum atomic E-state index is -0.379. The molecule has 0 saturated heterocycles. The second-order valence-corrected chi connectivity index (χ2v) is 13.5. The average molecular weight is 604 g/mol. The first-order valence-electron chi connectivity index (χ1n) is 15.9. The third-order valence-electron chi connectivity index (χ3n) is 10.3. The van der Waals surface area contributed by atoms with Crippen LogP contribution in [-0.4, -0.2) is 7.05 Å². The van der Waals surface area contributed by atoms with Crippen LogP contribution in [0.2, 0.25) is 0 Å². The van der Waals surface area contributed by atoms with Crippen LogP contribution in [-0.2, 0) is 5.41 Å². The Bertz CT molecular complexity index is 2490. The van der Waals surface area contributed by atoms with E-state index in [-0.39, 0.29) is 5.41 Å². The zero-order valence-electron chi connectivity index (χ0n) is 25.4. The molecule has 10 rings (SSSR count). The predicted octanol–water partition coefficient (Wildman–Crippen LogP) is 11.8. The molecular weight excluding hydrogens is 575 g/mol. The molecule has 0 amide bonds. The van der Waals surface area contributed by atoms with E-state index in [1.807, 2.05) is 11.3 Å². The third kappa shape index (κ3) is 3.29. The van der Waals surface area contributed by atoms with Gasteiger partial charge in [-0.2, -0.15) is 0 Å². The lowest BCUT2D eigenvalue weighted by Crippen LogP contribution is -2.26. The quantitative estimate of drug-likeness (QED) is 0.194. The van der Waals surface area contributed by atoms with Crippen molar-refractivity contribution in [3.05, 3.63) is 180 Å². The highest BCUT2D eigenvalue weighted by atomic mass is 32.1. The molecule has 0 N–H and O–H groups in total. The van der Waals surface area contributed by atoms with Crippen molar-refractivity contribution < 1.29 is 0 Å². The zero-order chi connectivity index (χ0) is 30.4. The van der Waals surface area contributed by atoms with Crippen molar-refractivity contribution in [1.29, 1.82) is 0 Å². The SMILES string of the molecule is CN(c1ccc(-c2ccccc2)cc1)c1cccc2c1-c1ccccc1C21c2ccccc2-c2c1ccc1c2sc2ccccc21. The molecule has 2 aliphatic carbocycles. The highest BCUT2D eigenvalue weighted by Gasteiger charge is 2.52. The zero-order valence-corrected chi connectivity index (χ0v) is 26.2. The van der Waals surface area contributed by atoms with E-state index in [9.17, 15) is 0 Å². The van der Waals surface area contributed by atoms with Crippen LogP contribution in [0.5, 0.6) is 0 Å². The van der Waals surface area contributed by atoms with Gasteiger partial charge >= 0.3 is 0 Å². The van der Waals surface area contributed by atoms with Gasteiger partial charge in [0.25, 0.3) is 0 Å². The van der Waals surface area contributed by atoms with Crippen LogP contribution in [0.25, 0.3) is 53.6 Å². The summed E-state index contributed by atoms with van der Waals surface area (Å²) >= 11 is 1.93. The fraction of sp³-hybridized carbons (Fsp3) is 0.0455. The number of thiophene rings is 1. The normalized spacial score (nSPS) is 15.6. The summed E-state index contributed by atoms with van der Waals surface area (Å²) in [5.41, 5.74) is 15.4. The smallest absolute Gasteiger partial charge is 0.0726 e. The van der Waals surface area contributed by atoms with E-state index in [0.717, 1.165) is 0 Å². The Labute approximate surface area is 272 Å². The van der Waals surface area contributed by atoms with E-state index in [1.165, 1.54) is 87.2 Å². The molecule has 1 nitrogen and oxygen atoms in total. The number of nitrogens with zero attached hydrogens (tertiary/aromatic N) is 1. The molecule has 1 spiro atoms. The summed E-state index contributed by atoms with van der Waals surface area (Å²) in [5.74, 6) is 0. The molecule has 1 aromatic heterocycles. The summed E-state index contributed by atoms with van der Waals surface area (Å²) in [6.45, 7) is 0. The fourth-order valence-corrected chi connectivity index (χ4v) is 9.62. The van der Waals surface area contributed by atoms with Gasteiger partial charge in [-0.1, -0.05) is 133 Å². The van der Waals surface area contributed by atoms with Crippen LogP contribution in [0.3, 0.4) is 0 Å². The highest BCUT2D eigenvalue weighted by molar-refractivity contribution is 7.26. The highest BCUT2D eigenvalue weighted by Crippen LogP contribution is 2.65. The number of fused-ring (bicyclic) bond motifs is 14. The molecular formula is C44H29NS. The Morgan fingerprint density at radius 3 is 1.85 bits per heavy atom. The molecule has 2 heteroatoms. The van der Waals surface area contributed by atoms with Crippen LogP contribution in [0, 0.1) is 0 Å². The lowest BCUT2D eigenvalue weighted by molar-refractivity contribution is 0.794. The average Bonchev–Trinajstić information content (AvgIpc) is 3.76. The Morgan fingerprint density at radius 1 is 0.457 bits per heavy atom. The van der Waals surface area contributed by atoms with Crippen LogP contribution < -0.4 is 4.90 Å². The van der Waals surface area contributed by atoms with Crippen molar-refractivity contribution in [1.82, 2.24) is 0 Å².